The maximum Gasteiger partial charge on any atom is 0.255 e. The van der Waals surface area contributed by atoms with Gasteiger partial charge in [0.2, 0.25) is 0 Å². The summed E-state index contributed by atoms with van der Waals surface area (Å²) in [7, 11) is 1.78. The normalized spacial score (nSPS) is 13.9. The molecular weight excluding hydrogens is 302 g/mol. The summed E-state index contributed by atoms with van der Waals surface area (Å²) in [6.45, 7) is 6.36. The molecule has 1 aliphatic rings. The third-order valence-electron chi connectivity index (χ3n) is 3.73. The molecule has 0 spiro atoms. The average molecular weight is 321 g/mol. The van der Waals surface area contributed by atoms with Crippen LogP contribution in [0.25, 0.3) is 10.9 Å². The van der Waals surface area contributed by atoms with Crippen LogP contribution in [0.3, 0.4) is 0 Å². The third-order valence-corrected chi connectivity index (χ3v) is 3.73. The first-order valence-electron chi connectivity index (χ1n) is 7.75. The van der Waals surface area contributed by atoms with Gasteiger partial charge in [-0.15, -0.1) is 0 Å². The summed E-state index contributed by atoms with van der Waals surface area (Å²) >= 11 is 0. The minimum absolute atomic E-state index is 0.275. The summed E-state index contributed by atoms with van der Waals surface area (Å²) in [6, 6.07) is 5.62. The number of rotatable bonds is 2. The Morgan fingerprint density at radius 2 is 2.12 bits per heavy atom. The second-order valence-corrected chi connectivity index (χ2v) is 6.80. The number of fused-ring (bicyclic) bond motifs is 1. The number of amides is 1. The van der Waals surface area contributed by atoms with Crippen LogP contribution < -0.4 is 5.32 Å². The minimum Gasteiger partial charge on any atom is -0.347 e. The van der Waals surface area contributed by atoms with Gasteiger partial charge in [0.25, 0.3) is 5.91 Å². The second kappa shape index (κ2) is 5.60. The molecule has 0 saturated heterocycles. The highest BCUT2D eigenvalue weighted by Gasteiger charge is 2.25. The van der Waals surface area contributed by atoms with Crippen molar-refractivity contribution < 1.29 is 4.79 Å². The van der Waals surface area contributed by atoms with Crippen LogP contribution in [0.15, 0.2) is 29.3 Å². The van der Waals surface area contributed by atoms with Crippen LogP contribution in [0.4, 0.5) is 0 Å². The molecule has 0 bridgehead atoms. The van der Waals surface area contributed by atoms with E-state index in [0.717, 1.165) is 16.8 Å². The molecule has 0 atom stereocenters. The molecule has 0 aliphatic carbocycles. The van der Waals surface area contributed by atoms with E-state index in [9.17, 15) is 10.1 Å². The van der Waals surface area contributed by atoms with Crippen LogP contribution in [0.5, 0.6) is 0 Å². The van der Waals surface area contributed by atoms with Gasteiger partial charge in [0.05, 0.1) is 28.9 Å². The van der Waals surface area contributed by atoms with E-state index >= 15 is 0 Å². The highest BCUT2D eigenvalue weighted by atomic mass is 16.1. The lowest BCUT2D eigenvalue weighted by atomic mass is 10.00. The van der Waals surface area contributed by atoms with Gasteiger partial charge >= 0.3 is 0 Å². The van der Waals surface area contributed by atoms with E-state index in [-0.39, 0.29) is 5.91 Å². The van der Waals surface area contributed by atoms with E-state index in [4.69, 9.17) is 0 Å². The standard InChI is InChI=1S/C18H19N5O/c1-18(2,3)21-17(24)14-11(10-19)7-8-12-15(13-6-5-9-20-13)22-23(4)16(12)14/h5-8H,9H2,1-4H3,(H,21,24). The second-order valence-electron chi connectivity index (χ2n) is 6.80. The maximum absolute atomic E-state index is 12.8. The van der Waals surface area contributed by atoms with Crippen molar-refractivity contribution in [1.82, 2.24) is 15.1 Å². The number of aryl methyl sites for hydroxylation is 1. The van der Waals surface area contributed by atoms with E-state index in [1.165, 1.54) is 0 Å². The maximum atomic E-state index is 12.8. The molecule has 3 rings (SSSR count). The summed E-state index contributed by atoms with van der Waals surface area (Å²) in [5.41, 5.74) is 2.47. The lowest BCUT2D eigenvalue weighted by Crippen LogP contribution is -2.41. The van der Waals surface area contributed by atoms with Crippen LogP contribution in [0, 0.1) is 11.3 Å². The molecule has 6 heteroatoms. The van der Waals surface area contributed by atoms with Crippen molar-refractivity contribution in [1.29, 1.82) is 5.26 Å². The zero-order valence-electron chi connectivity index (χ0n) is 14.2. The molecule has 0 radical (unpaired) electrons. The average Bonchev–Trinajstić information content (AvgIpc) is 3.12. The Hall–Kier alpha value is -2.94. The molecule has 0 saturated carbocycles. The SMILES string of the molecule is Cn1nc(C2=NCC=C2)c2ccc(C#N)c(C(=O)NC(C)(C)C)c21. The predicted octanol–water partition coefficient (Wildman–Crippen LogP) is 2.33. The molecule has 1 aromatic heterocycles. The highest BCUT2D eigenvalue weighted by Crippen LogP contribution is 2.26. The summed E-state index contributed by atoms with van der Waals surface area (Å²) in [4.78, 5) is 17.2. The first kappa shape index (κ1) is 15.9. The quantitative estimate of drug-likeness (QED) is 0.921. The monoisotopic (exact) mass is 321 g/mol. The van der Waals surface area contributed by atoms with E-state index in [0.29, 0.717) is 23.2 Å². The zero-order chi connectivity index (χ0) is 17.5. The molecule has 1 aliphatic heterocycles. The van der Waals surface area contributed by atoms with Gasteiger partial charge in [-0.3, -0.25) is 14.5 Å². The van der Waals surface area contributed by atoms with Crippen molar-refractivity contribution in [3.63, 3.8) is 0 Å². The Morgan fingerprint density at radius 3 is 2.71 bits per heavy atom. The van der Waals surface area contributed by atoms with Gasteiger partial charge in [-0.05, 0) is 39.0 Å². The number of nitriles is 1. The number of hydrogen-bond donors (Lipinski definition) is 1. The Bertz CT molecular complexity index is 935. The largest absolute Gasteiger partial charge is 0.347 e. The number of hydrogen-bond acceptors (Lipinski definition) is 4. The number of benzene rings is 1. The van der Waals surface area contributed by atoms with Crippen molar-refractivity contribution >= 4 is 22.5 Å². The molecule has 1 aromatic carbocycles. The molecule has 1 amide bonds. The molecule has 122 valence electrons. The van der Waals surface area contributed by atoms with Crippen LogP contribution in [-0.4, -0.2) is 33.5 Å². The predicted molar refractivity (Wildman–Crippen MR) is 93.2 cm³/mol. The van der Waals surface area contributed by atoms with E-state index in [2.05, 4.69) is 21.5 Å². The van der Waals surface area contributed by atoms with E-state index in [1.807, 2.05) is 39.0 Å². The Labute approximate surface area is 140 Å². The Morgan fingerprint density at radius 1 is 1.38 bits per heavy atom. The molecule has 0 fully saturated rings. The fraction of sp³-hybridized carbons (Fsp3) is 0.333. The molecular formula is C18H19N5O. The molecule has 1 N–H and O–H groups in total. The number of carbonyl (C=O) groups excluding carboxylic acids is 1. The topological polar surface area (TPSA) is 83.1 Å². The first-order chi connectivity index (χ1) is 11.3. The molecule has 24 heavy (non-hydrogen) atoms. The van der Waals surface area contributed by atoms with E-state index in [1.54, 1.807) is 17.8 Å². The van der Waals surface area contributed by atoms with Gasteiger partial charge in [-0.25, -0.2) is 0 Å². The van der Waals surface area contributed by atoms with Gasteiger partial charge in [0.1, 0.15) is 11.8 Å². The van der Waals surface area contributed by atoms with Crippen LogP contribution in [0.2, 0.25) is 0 Å². The fourth-order valence-corrected chi connectivity index (χ4v) is 2.81. The fourth-order valence-electron chi connectivity index (χ4n) is 2.81. The zero-order valence-corrected chi connectivity index (χ0v) is 14.2. The van der Waals surface area contributed by atoms with Crippen LogP contribution >= 0.6 is 0 Å². The van der Waals surface area contributed by atoms with Gasteiger partial charge < -0.3 is 5.32 Å². The lowest BCUT2D eigenvalue weighted by molar-refractivity contribution is 0.0920. The number of aromatic nitrogens is 2. The van der Waals surface area contributed by atoms with Gasteiger partial charge in [-0.2, -0.15) is 10.4 Å². The smallest absolute Gasteiger partial charge is 0.255 e. The van der Waals surface area contributed by atoms with Gasteiger partial charge in [0, 0.05) is 18.0 Å². The number of nitrogens with zero attached hydrogens (tertiary/aromatic N) is 4. The third kappa shape index (κ3) is 2.69. The summed E-state index contributed by atoms with van der Waals surface area (Å²) in [5, 5.41) is 17.7. The minimum atomic E-state index is -0.397. The van der Waals surface area contributed by atoms with Crippen LogP contribution in [-0.2, 0) is 7.05 Å². The Kier molecular flexibility index (Phi) is 3.72. The van der Waals surface area contributed by atoms with Crippen LogP contribution in [0.1, 0.15) is 42.4 Å². The summed E-state index contributed by atoms with van der Waals surface area (Å²) < 4.78 is 1.65. The Balaban J connectivity index is 2.25. The molecule has 6 nitrogen and oxygen atoms in total. The molecule has 2 aromatic rings. The number of aliphatic imine (C=N–C) groups is 1. The first-order valence-corrected chi connectivity index (χ1v) is 7.75. The van der Waals surface area contributed by atoms with Gasteiger partial charge in [0.15, 0.2) is 0 Å². The van der Waals surface area contributed by atoms with Crippen molar-refractivity contribution in [2.24, 2.45) is 12.0 Å². The van der Waals surface area contributed by atoms with Crippen molar-refractivity contribution in [3.05, 3.63) is 41.1 Å². The molecule has 0 unspecified atom stereocenters. The molecule has 2 heterocycles. The summed E-state index contributed by atoms with van der Waals surface area (Å²) in [5.74, 6) is -0.275. The van der Waals surface area contributed by atoms with Crippen molar-refractivity contribution in [2.45, 2.75) is 26.3 Å². The van der Waals surface area contributed by atoms with Crippen molar-refractivity contribution in [3.8, 4) is 6.07 Å². The number of allylic oxidation sites excluding steroid dienone is 1. The van der Waals surface area contributed by atoms with Gasteiger partial charge in [-0.1, -0.05) is 6.08 Å². The van der Waals surface area contributed by atoms with E-state index < -0.39 is 5.54 Å². The highest BCUT2D eigenvalue weighted by molar-refractivity contribution is 6.18. The number of nitrogens with one attached hydrogen (secondary N) is 1. The van der Waals surface area contributed by atoms with Crippen molar-refractivity contribution in [2.75, 3.05) is 6.54 Å². The number of carbonyl (C=O) groups is 1. The summed E-state index contributed by atoms with van der Waals surface area (Å²) in [6.07, 6.45) is 3.89. The lowest BCUT2D eigenvalue weighted by Gasteiger charge is -2.21.